The molecule has 128 valence electrons. The van der Waals surface area contributed by atoms with Crippen LogP contribution in [0.2, 0.25) is 0 Å². The fraction of sp³-hybridized carbons (Fsp3) is 0.444. The van der Waals surface area contributed by atoms with E-state index in [0.717, 1.165) is 36.3 Å². The summed E-state index contributed by atoms with van der Waals surface area (Å²) in [5, 5.41) is 10.00. The van der Waals surface area contributed by atoms with Crippen LogP contribution in [0.25, 0.3) is 0 Å². The lowest BCUT2D eigenvalue weighted by atomic mass is 9.72. The highest BCUT2D eigenvalue weighted by Crippen LogP contribution is 2.42. The number of methoxy groups -OCH3 is 1. The first kappa shape index (κ1) is 16.4. The molecule has 6 heteroatoms. The van der Waals surface area contributed by atoms with Crippen LogP contribution in [0.5, 0.6) is 5.75 Å². The molecule has 1 aromatic heterocycles. The summed E-state index contributed by atoms with van der Waals surface area (Å²) in [6.45, 7) is 3.77. The van der Waals surface area contributed by atoms with Crippen LogP contribution in [0.3, 0.4) is 0 Å². The first-order valence-corrected chi connectivity index (χ1v) is 8.27. The Morgan fingerprint density at radius 3 is 2.83 bits per heavy atom. The van der Waals surface area contributed by atoms with Gasteiger partial charge in [0.1, 0.15) is 17.1 Å². The van der Waals surface area contributed by atoms with Crippen molar-refractivity contribution in [1.82, 2.24) is 10.5 Å². The summed E-state index contributed by atoms with van der Waals surface area (Å²) in [5.74, 6) is 1.41. The van der Waals surface area contributed by atoms with Gasteiger partial charge in [-0.05, 0) is 50.3 Å². The molecule has 6 nitrogen and oxygen atoms in total. The Morgan fingerprint density at radius 1 is 1.42 bits per heavy atom. The molecule has 24 heavy (non-hydrogen) atoms. The highest BCUT2D eigenvalue weighted by Gasteiger charge is 2.40. The molecule has 0 radical (unpaired) electrons. The van der Waals surface area contributed by atoms with E-state index in [4.69, 9.17) is 9.26 Å². The number of aryl methyl sites for hydroxylation is 2. The Hall–Kier alpha value is -2.50. The van der Waals surface area contributed by atoms with Gasteiger partial charge < -0.3 is 19.9 Å². The molecule has 1 fully saturated rings. The van der Waals surface area contributed by atoms with Gasteiger partial charge in [-0.3, -0.25) is 0 Å². The smallest absolute Gasteiger partial charge is 0.320 e. The molecule has 1 saturated carbocycles. The number of urea groups is 1. The summed E-state index contributed by atoms with van der Waals surface area (Å²) >= 11 is 0. The molecule has 1 aliphatic carbocycles. The Bertz CT molecular complexity index is 735. The van der Waals surface area contributed by atoms with Gasteiger partial charge in [-0.1, -0.05) is 24.2 Å². The number of carbonyl (C=O) groups excluding carboxylic acids is 1. The maximum Gasteiger partial charge on any atom is 0.320 e. The monoisotopic (exact) mass is 329 g/mol. The lowest BCUT2D eigenvalue weighted by Gasteiger charge is -2.43. The first-order chi connectivity index (χ1) is 11.6. The summed E-state index contributed by atoms with van der Waals surface area (Å²) in [7, 11) is 1.65. The van der Waals surface area contributed by atoms with Gasteiger partial charge in [-0.25, -0.2) is 4.79 Å². The van der Waals surface area contributed by atoms with Gasteiger partial charge in [0.15, 0.2) is 5.76 Å². The van der Waals surface area contributed by atoms with E-state index in [1.807, 2.05) is 31.2 Å². The summed E-state index contributed by atoms with van der Waals surface area (Å²) in [6, 6.07) is 7.64. The molecule has 1 heterocycles. The number of aromatic nitrogens is 1. The summed E-state index contributed by atoms with van der Waals surface area (Å²) in [4.78, 5) is 12.5. The fourth-order valence-corrected chi connectivity index (χ4v) is 3.12. The minimum absolute atomic E-state index is 0.237. The standard InChI is InChI=1S/C18H23N3O3/c1-4-15-16(12(2)24-21-15)19-17(22)20-18(9-6-10-18)13-7-5-8-14(11-13)23-3/h5,7-8,11H,4,6,9-10H2,1-3H3,(H2,19,20,22). The van der Waals surface area contributed by atoms with E-state index in [1.54, 1.807) is 14.0 Å². The third-order valence-electron chi connectivity index (χ3n) is 4.69. The van der Waals surface area contributed by atoms with Crippen molar-refractivity contribution in [3.05, 3.63) is 41.3 Å². The van der Waals surface area contributed by atoms with Crippen LogP contribution in [-0.4, -0.2) is 18.3 Å². The van der Waals surface area contributed by atoms with Crippen molar-refractivity contribution in [2.75, 3.05) is 12.4 Å². The molecule has 0 saturated heterocycles. The second-order valence-corrected chi connectivity index (χ2v) is 6.16. The number of nitrogens with zero attached hydrogens (tertiary/aromatic N) is 1. The van der Waals surface area contributed by atoms with E-state index in [2.05, 4.69) is 15.8 Å². The molecule has 0 unspecified atom stereocenters. The molecule has 0 spiro atoms. The molecule has 1 aliphatic rings. The SMILES string of the molecule is CCc1noc(C)c1NC(=O)NC1(c2cccc(OC)c2)CCC1. The van der Waals surface area contributed by atoms with Crippen molar-refractivity contribution in [2.24, 2.45) is 0 Å². The van der Waals surface area contributed by atoms with Crippen LogP contribution in [0.4, 0.5) is 10.5 Å². The molecular formula is C18H23N3O3. The molecule has 2 aromatic rings. The highest BCUT2D eigenvalue weighted by molar-refractivity contribution is 5.91. The molecule has 0 bridgehead atoms. The van der Waals surface area contributed by atoms with E-state index in [0.29, 0.717) is 17.9 Å². The van der Waals surface area contributed by atoms with E-state index >= 15 is 0 Å². The van der Waals surface area contributed by atoms with Gasteiger partial charge >= 0.3 is 6.03 Å². The van der Waals surface area contributed by atoms with Crippen LogP contribution in [-0.2, 0) is 12.0 Å². The number of hydrogen-bond acceptors (Lipinski definition) is 4. The van der Waals surface area contributed by atoms with Gasteiger partial charge in [0, 0.05) is 0 Å². The lowest BCUT2D eigenvalue weighted by molar-refractivity contribution is 0.184. The van der Waals surface area contributed by atoms with E-state index < -0.39 is 0 Å². The molecule has 2 amide bonds. The second-order valence-electron chi connectivity index (χ2n) is 6.16. The number of amides is 2. The maximum absolute atomic E-state index is 12.5. The third kappa shape index (κ3) is 2.96. The molecule has 2 N–H and O–H groups in total. The lowest BCUT2D eigenvalue weighted by Crippen LogP contribution is -2.52. The summed E-state index contributed by atoms with van der Waals surface area (Å²) < 4.78 is 10.5. The van der Waals surface area contributed by atoms with E-state index in [1.165, 1.54) is 0 Å². The predicted molar refractivity (Wildman–Crippen MR) is 91.3 cm³/mol. The van der Waals surface area contributed by atoms with Crippen molar-refractivity contribution >= 4 is 11.7 Å². The summed E-state index contributed by atoms with van der Waals surface area (Å²) in [6.07, 6.45) is 3.62. The largest absolute Gasteiger partial charge is 0.497 e. The van der Waals surface area contributed by atoms with Crippen LogP contribution in [0, 0.1) is 6.92 Å². The van der Waals surface area contributed by atoms with Gasteiger partial charge in [0.2, 0.25) is 0 Å². The number of rotatable bonds is 5. The first-order valence-electron chi connectivity index (χ1n) is 8.27. The quantitative estimate of drug-likeness (QED) is 0.876. The Labute approximate surface area is 141 Å². The zero-order valence-corrected chi connectivity index (χ0v) is 14.3. The maximum atomic E-state index is 12.5. The highest BCUT2D eigenvalue weighted by atomic mass is 16.5. The van der Waals surface area contributed by atoms with Gasteiger partial charge in [-0.15, -0.1) is 0 Å². The van der Waals surface area contributed by atoms with Gasteiger partial charge in [0.05, 0.1) is 12.6 Å². The Balaban J connectivity index is 1.77. The van der Waals surface area contributed by atoms with Gasteiger partial charge in [0.25, 0.3) is 0 Å². The van der Waals surface area contributed by atoms with Crippen LogP contribution in [0.15, 0.2) is 28.8 Å². The number of ether oxygens (including phenoxy) is 1. The molecule has 0 aliphatic heterocycles. The van der Waals surface area contributed by atoms with E-state index in [9.17, 15) is 4.79 Å². The van der Waals surface area contributed by atoms with Crippen molar-refractivity contribution in [2.45, 2.75) is 45.1 Å². The Morgan fingerprint density at radius 2 is 2.21 bits per heavy atom. The molecule has 1 aromatic carbocycles. The molecule has 3 rings (SSSR count). The Kier molecular flexibility index (Phi) is 4.46. The van der Waals surface area contributed by atoms with E-state index in [-0.39, 0.29) is 11.6 Å². The van der Waals surface area contributed by atoms with Crippen molar-refractivity contribution in [3.63, 3.8) is 0 Å². The van der Waals surface area contributed by atoms with Crippen LogP contribution in [0.1, 0.15) is 43.2 Å². The molecule has 0 atom stereocenters. The van der Waals surface area contributed by atoms with Crippen molar-refractivity contribution < 1.29 is 14.1 Å². The third-order valence-corrected chi connectivity index (χ3v) is 4.69. The number of benzene rings is 1. The predicted octanol–water partition coefficient (Wildman–Crippen LogP) is 3.75. The second kappa shape index (κ2) is 6.55. The van der Waals surface area contributed by atoms with Crippen molar-refractivity contribution in [3.8, 4) is 5.75 Å². The van der Waals surface area contributed by atoms with Crippen molar-refractivity contribution in [1.29, 1.82) is 0 Å². The van der Waals surface area contributed by atoms with Crippen LogP contribution < -0.4 is 15.4 Å². The summed E-state index contributed by atoms with van der Waals surface area (Å²) in [5.41, 5.74) is 2.15. The average molecular weight is 329 g/mol. The minimum Gasteiger partial charge on any atom is -0.497 e. The minimum atomic E-state index is -0.337. The number of hydrogen-bond donors (Lipinski definition) is 2. The number of nitrogens with one attached hydrogen (secondary N) is 2. The topological polar surface area (TPSA) is 76.4 Å². The normalized spacial score (nSPS) is 15.5. The molecular weight excluding hydrogens is 306 g/mol. The van der Waals surface area contributed by atoms with Gasteiger partial charge in [-0.2, -0.15) is 0 Å². The fourth-order valence-electron chi connectivity index (χ4n) is 3.12. The number of carbonyl (C=O) groups is 1. The zero-order valence-electron chi connectivity index (χ0n) is 14.3. The van der Waals surface area contributed by atoms with Crippen LogP contribution >= 0.6 is 0 Å². The zero-order chi connectivity index (χ0) is 17.2. The average Bonchev–Trinajstić information content (AvgIpc) is 2.91. The number of anilines is 1.